The Bertz CT molecular complexity index is 1480. The van der Waals surface area contributed by atoms with Gasteiger partial charge >= 0.3 is 0 Å². The van der Waals surface area contributed by atoms with Crippen LogP contribution in [0, 0.1) is 18.2 Å². The van der Waals surface area contributed by atoms with Gasteiger partial charge in [0.1, 0.15) is 27.8 Å². The van der Waals surface area contributed by atoms with Crippen molar-refractivity contribution in [2.45, 2.75) is 37.5 Å². The molecule has 1 aromatic carbocycles. The number of rotatable bonds is 3. The van der Waals surface area contributed by atoms with E-state index < -0.39 is 37.5 Å². The van der Waals surface area contributed by atoms with E-state index in [0.29, 0.717) is 16.8 Å². The summed E-state index contributed by atoms with van der Waals surface area (Å²) in [5, 5.41) is 0.167. The molecule has 0 bridgehead atoms. The molecule has 0 radical (unpaired) electrons. The van der Waals surface area contributed by atoms with Crippen molar-refractivity contribution in [1.29, 1.82) is 0 Å². The number of hydrogen-bond donors (Lipinski definition) is 1. The highest BCUT2D eigenvalue weighted by molar-refractivity contribution is 7.93. The maximum absolute atomic E-state index is 14.9. The van der Waals surface area contributed by atoms with E-state index in [1.165, 1.54) is 45.2 Å². The average Bonchev–Trinajstić information content (AvgIpc) is 2.75. The summed E-state index contributed by atoms with van der Waals surface area (Å²) in [7, 11) is -3.71. The Morgan fingerprint density at radius 3 is 2.52 bits per heavy atom. The fourth-order valence-electron chi connectivity index (χ4n) is 3.89. The van der Waals surface area contributed by atoms with Gasteiger partial charge in [-0.3, -0.25) is 15.0 Å². The third kappa shape index (κ3) is 3.72. The third-order valence-electron chi connectivity index (χ3n) is 6.08. The van der Waals surface area contributed by atoms with Crippen LogP contribution in [0.2, 0.25) is 0 Å². The number of nitrogens with zero attached hydrogens (tertiary/aromatic N) is 4. The number of aliphatic imine (C=N–C) groups is 1. The van der Waals surface area contributed by atoms with E-state index in [1.54, 1.807) is 6.07 Å². The number of benzene rings is 1. The molecule has 4 rings (SSSR count). The van der Waals surface area contributed by atoms with Crippen LogP contribution in [0.4, 0.5) is 14.5 Å². The summed E-state index contributed by atoms with van der Waals surface area (Å²) in [6.07, 6.45) is 2.57. The van der Waals surface area contributed by atoms with Crippen molar-refractivity contribution in [3.63, 3.8) is 0 Å². The van der Waals surface area contributed by atoms with E-state index in [4.69, 9.17) is 12.3 Å². The van der Waals surface area contributed by atoms with Gasteiger partial charge in [-0.15, -0.1) is 0 Å². The Morgan fingerprint density at radius 1 is 1.12 bits per heavy atom. The topological polar surface area (TPSA) is 103 Å². The summed E-state index contributed by atoms with van der Waals surface area (Å²) in [6, 6.07) is 5.72. The van der Waals surface area contributed by atoms with Gasteiger partial charge in [-0.25, -0.2) is 22.0 Å². The molecule has 1 aliphatic heterocycles. The number of fused-ring (bicyclic) bond motifs is 1. The highest BCUT2D eigenvalue weighted by atomic mass is 32.2. The summed E-state index contributed by atoms with van der Waals surface area (Å²) in [5.41, 5.74) is 6.22. The predicted molar refractivity (Wildman–Crippen MR) is 122 cm³/mol. The minimum Gasteiger partial charge on any atom is -0.386 e. The lowest BCUT2D eigenvalue weighted by atomic mass is 9.91. The van der Waals surface area contributed by atoms with E-state index >= 15 is 0 Å². The first kappa shape index (κ1) is 22.7. The van der Waals surface area contributed by atoms with Crippen LogP contribution in [0.5, 0.6) is 0 Å². The van der Waals surface area contributed by atoms with E-state index in [1.807, 2.05) is 0 Å². The molecule has 0 aliphatic carbocycles. The van der Waals surface area contributed by atoms with Crippen molar-refractivity contribution < 1.29 is 17.2 Å². The molecule has 1 atom stereocenters. The predicted octanol–water partition coefficient (Wildman–Crippen LogP) is 3.83. The molecule has 7 nitrogen and oxygen atoms in total. The number of halogens is 2. The standard InChI is InChI=1S/C23H21F2N5O2S/c1-22(2)21(26)30-23(3,12-33(22,31)32)16-7-13(5-6-17(16)24)8-19-20-15(18(25)11-28-19)9-14(27-4)10-29-20/h5-7,9-11H,8,12H2,1-3H3,(H2,26,30)/t23-/m0/s1. The SMILES string of the molecule is [C-]#[N+]c1cnc2c(Cc3ccc(F)c([C@]4(C)CS(=O)(=O)C(C)(C)C(N)=N4)c3)ncc(F)c2c1. The smallest absolute Gasteiger partial charge is 0.205 e. The van der Waals surface area contributed by atoms with Crippen molar-refractivity contribution in [3.8, 4) is 0 Å². The number of amidine groups is 1. The molecule has 2 N–H and O–H groups in total. The van der Waals surface area contributed by atoms with Crippen molar-refractivity contribution in [3.05, 3.63) is 76.5 Å². The summed E-state index contributed by atoms with van der Waals surface area (Å²) >= 11 is 0. The molecule has 2 aromatic heterocycles. The summed E-state index contributed by atoms with van der Waals surface area (Å²) < 4.78 is 53.5. The maximum atomic E-state index is 14.9. The minimum absolute atomic E-state index is 0.0768. The highest BCUT2D eigenvalue weighted by Crippen LogP contribution is 2.38. The van der Waals surface area contributed by atoms with Crippen LogP contribution in [-0.2, 0) is 21.8 Å². The molecule has 0 saturated heterocycles. The molecular weight excluding hydrogens is 448 g/mol. The van der Waals surface area contributed by atoms with E-state index in [0.717, 1.165) is 6.20 Å². The van der Waals surface area contributed by atoms with E-state index in [2.05, 4.69) is 19.8 Å². The first-order valence-electron chi connectivity index (χ1n) is 10.1. The Labute approximate surface area is 190 Å². The number of nitrogens with two attached hydrogens (primary N) is 1. The second kappa shape index (κ2) is 7.56. The molecule has 1 aliphatic rings. The van der Waals surface area contributed by atoms with Gasteiger partial charge in [0.05, 0.1) is 29.7 Å². The fraction of sp³-hybridized carbons (Fsp3) is 0.304. The van der Waals surface area contributed by atoms with E-state index in [9.17, 15) is 17.2 Å². The molecular formula is C23H21F2N5O2S. The number of pyridine rings is 2. The quantitative estimate of drug-likeness (QED) is 0.588. The molecule has 33 heavy (non-hydrogen) atoms. The largest absolute Gasteiger partial charge is 0.386 e. The normalized spacial score (nSPS) is 21.4. The highest BCUT2D eigenvalue weighted by Gasteiger charge is 2.49. The Morgan fingerprint density at radius 2 is 1.85 bits per heavy atom. The second-order valence-corrected chi connectivity index (χ2v) is 11.3. The Kier molecular flexibility index (Phi) is 5.21. The van der Waals surface area contributed by atoms with Gasteiger partial charge in [0.15, 0.2) is 9.84 Å². The Hall–Kier alpha value is -3.45. The summed E-state index contributed by atoms with van der Waals surface area (Å²) in [4.78, 5) is 16.0. The Balaban J connectivity index is 1.79. The third-order valence-corrected chi connectivity index (χ3v) is 8.79. The molecule has 3 aromatic rings. The van der Waals surface area contributed by atoms with Crippen LogP contribution in [0.25, 0.3) is 15.7 Å². The second-order valence-electron chi connectivity index (χ2n) is 8.79. The van der Waals surface area contributed by atoms with Gasteiger partial charge in [0, 0.05) is 23.6 Å². The first-order valence-corrected chi connectivity index (χ1v) is 11.7. The van der Waals surface area contributed by atoms with Crippen LogP contribution in [0.3, 0.4) is 0 Å². The van der Waals surface area contributed by atoms with Crippen molar-refractivity contribution in [2.75, 3.05) is 5.75 Å². The molecule has 10 heteroatoms. The zero-order chi connectivity index (χ0) is 24.2. The first-order chi connectivity index (χ1) is 15.4. The van der Waals surface area contributed by atoms with Gasteiger partial charge in [-0.05, 0) is 38.5 Å². The number of hydrogen-bond acceptors (Lipinski definition) is 6. The molecule has 170 valence electrons. The number of sulfone groups is 1. The van der Waals surface area contributed by atoms with Crippen LogP contribution >= 0.6 is 0 Å². The van der Waals surface area contributed by atoms with Crippen LogP contribution in [0.15, 0.2) is 41.7 Å². The minimum atomic E-state index is -3.71. The molecule has 0 fully saturated rings. The molecule has 0 saturated carbocycles. The molecule has 3 heterocycles. The van der Waals surface area contributed by atoms with Gasteiger partial charge < -0.3 is 5.73 Å². The lowest BCUT2D eigenvalue weighted by Crippen LogP contribution is -2.55. The molecule has 0 amide bonds. The number of aromatic nitrogens is 2. The summed E-state index contributed by atoms with van der Waals surface area (Å²) in [6.45, 7) is 11.6. The molecule has 0 unspecified atom stereocenters. The average molecular weight is 470 g/mol. The van der Waals surface area contributed by atoms with Gasteiger partial charge in [-0.2, -0.15) is 0 Å². The van der Waals surface area contributed by atoms with Gasteiger partial charge in [0.2, 0.25) is 5.69 Å². The van der Waals surface area contributed by atoms with E-state index in [-0.39, 0.29) is 28.9 Å². The zero-order valence-corrected chi connectivity index (χ0v) is 19.0. The maximum Gasteiger partial charge on any atom is 0.205 e. The van der Waals surface area contributed by atoms with Gasteiger partial charge in [0.25, 0.3) is 0 Å². The van der Waals surface area contributed by atoms with Gasteiger partial charge in [-0.1, -0.05) is 12.1 Å². The zero-order valence-electron chi connectivity index (χ0n) is 18.2. The monoisotopic (exact) mass is 469 g/mol. The lowest BCUT2D eigenvalue weighted by Gasteiger charge is -2.38. The van der Waals surface area contributed by atoms with Crippen molar-refractivity contribution >= 4 is 32.3 Å². The van der Waals surface area contributed by atoms with Crippen LogP contribution in [0.1, 0.15) is 37.6 Å². The lowest BCUT2D eigenvalue weighted by molar-refractivity contribution is 0.475. The van der Waals surface area contributed by atoms with Crippen molar-refractivity contribution in [2.24, 2.45) is 10.7 Å². The summed E-state index contributed by atoms with van der Waals surface area (Å²) in [5.74, 6) is -1.68. The van der Waals surface area contributed by atoms with Crippen LogP contribution < -0.4 is 5.73 Å². The fourth-order valence-corrected chi connectivity index (χ4v) is 5.58. The van der Waals surface area contributed by atoms with Crippen molar-refractivity contribution in [1.82, 2.24) is 9.97 Å². The van der Waals surface area contributed by atoms with Crippen LogP contribution in [-0.4, -0.2) is 34.7 Å². The molecule has 0 spiro atoms.